The van der Waals surface area contributed by atoms with Crippen LogP contribution in [0.3, 0.4) is 0 Å². The second kappa shape index (κ2) is 6.43. The number of rotatable bonds is 4. The van der Waals surface area contributed by atoms with Gasteiger partial charge >= 0.3 is 0 Å². The second-order valence-electron chi connectivity index (χ2n) is 6.92. The number of H-pyrrole nitrogens is 1. The Balaban J connectivity index is 1.86. The first kappa shape index (κ1) is 16.8. The molecular weight excluding hydrogens is 304 g/mol. The molecule has 0 unspecified atom stereocenters. The van der Waals surface area contributed by atoms with Crippen LogP contribution in [-0.2, 0) is 4.79 Å². The van der Waals surface area contributed by atoms with Crippen molar-refractivity contribution >= 4 is 11.8 Å². The third kappa shape index (κ3) is 2.65. The number of piperazine rings is 1. The first-order valence-corrected chi connectivity index (χ1v) is 8.59. The van der Waals surface area contributed by atoms with Gasteiger partial charge in [-0.05, 0) is 32.4 Å². The molecule has 2 fully saturated rings. The number of carbonyl (C=O) groups is 2. The van der Waals surface area contributed by atoms with Gasteiger partial charge in [0.25, 0.3) is 5.91 Å². The maximum Gasteiger partial charge on any atom is 0.270 e. The summed E-state index contributed by atoms with van der Waals surface area (Å²) in [6.45, 7) is 11.2. The van der Waals surface area contributed by atoms with E-state index in [0.29, 0.717) is 31.7 Å². The Morgan fingerprint density at radius 3 is 2.83 bits per heavy atom. The molecule has 2 saturated heterocycles. The van der Waals surface area contributed by atoms with Gasteiger partial charge in [-0.25, -0.2) is 0 Å². The molecule has 1 atom stereocenters. The van der Waals surface area contributed by atoms with Gasteiger partial charge in [0.05, 0.1) is 0 Å². The smallest absolute Gasteiger partial charge is 0.270 e. The quantitative estimate of drug-likeness (QED) is 0.848. The number of nitrogens with zero attached hydrogens (tertiary/aromatic N) is 3. The van der Waals surface area contributed by atoms with Crippen LogP contribution >= 0.6 is 0 Å². The average Bonchev–Trinajstić information content (AvgIpc) is 3.22. The number of nitrogens with one attached hydrogen (secondary N) is 1. The fraction of sp³-hybridized carbons (Fsp3) is 0.556. The second-order valence-corrected chi connectivity index (χ2v) is 6.92. The van der Waals surface area contributed by atoms with Crippen molar-refractivity contribution in [3.05, 3.63) is 36.7 Å². The third-order valence-corrected chi connectivity index (χ3v) is 5.21. The predicted octanol–water partition coefficient (Wildman–Crippen LogP) is 1.34. The van der Waals surface area contributed by atoms with Crippen LogP contribution in [0, 0.1) is 0 Å². The van der Waals surface area contributed by atoms with E-state index < -0.39 is 5.54 Å². The van der Waals surface area contributed by atoms with E-state index in [9.17, 15) is 9.59 Å². The van der Waals surface area contributed by atoms with E-state index in [2.05, 4.69) is 16.5 Å². The van der Waals surface area contributed by atoms with Crippen LogP contribution in [0.5, 0.6) is 0 Å². The van der Waals surface area contributed by atoms with Crippen LogP contribution < -0.4 is 0 Å². The van der Waals surface area contributed by atoms with E-state index in [1.165, 1.54) is 0 Å². The highest BCUT2D eigenvalue weighted by atomic mass is 16.2. The topological polar surface area (TPSA) is 59.6 Å². The van der Waals surface area contributed by atoms with Crippen LogP contribution in [0.2, 0.25) is 0 Å². The number of hydrogen-bond acceptors (Lipinski definition) is 3. The molecule has 1 aromatic rings. The Hall–Kier alpha value is -2.08. The summed E-state index contributed by atoms with van der Waals surface area (Å²) in [5, 5.41) is 0. The Morgan fingerprint density at radius 1 is 1.42 bits per heavy atom. The van der Waals surface area contributed by atoms with Gasteiger partial charge in [0, 0.05) is 45.0 Å². The van der Waals surface area contributed by atoms with Crippen LogP contribution in [-0.4, -0.2) is 75.8 Å². The maximum atomic E-state index is 13.2. The van der Waals surface area contributed by atoms with Gasteiger partial charge in [-0.2, -0.15) is 0 Å². The van der Waals surface area contributed by atoms with Crippen molar-refractivity contribution in [2.24, 2.45) is 0 Å². The van der Waals surface area contributed by atoms with Gasteiger partial charge in [0.1, 0.15) is 11.2 Å². The van der Waals surface area contributed by atoms with Gasteiger partial charge in [-0.3, -0.25) is 14.5 Å². The molecule has 24 heavy (non-hydrogen) atoms. The first-order valence-electron chi connectivity index (χ1n) is 8.59. The first-order chi connectivity index (χ1) is 11.5. The zero-order valence-electron chi connectivity index (χ0n) is 14.5. The normalized spacial score (nSPS) is 25.0. The lowest BCUT2D eigenvalue weighted by molar-refractivity contribution is -0.152. The molecule has 1 N–H and O–H groups in total. The summed E-state index contributed by atoms with van der Waals surface area (Å²) in [5.74, 6) is 0.109. The molecule has 6 heteroatoms. The van der Waals surface area contributed by atoms with Crippen molar-refractivity contribution in [1.29, 1.82) is 0 Å². The molecule has 1 aromatic heterocycles. The molecule has 2 amide bonds. The number of likely N-dealkylation sites (tertiary alicyclic amines) is 1. The fourth-order valence-electron chi connectivity index (χ4n) is 3.89. The number of aromatic nitrogens is 1. The van der Waals surface area contributed by atoms with Crippen molar-refractivity contribution in [2.45, 2.75) is 31.8 Å². The SMILES string of the molecule is C=CCN1CCN(C(C)C)C(=O)[C@]12CCN(C(=O)c1ccc[nH]1)C2. The molecule has 0 saturated carbocycles. The van der Waals surface area contributed by atoms with Gasteiger partial charge in [0.15, 0.2) is 0 Å². The predicted molar refractivity (Wildman–Crippen MR) is 92.7 cm³/mol. The van der Waals surface area contributed by atoms with E-state index in [0.717, 1.165) is 13.1 Å². The van der Waals surface area contributed by atoms with Crippen LogP contribution in [0.25, 0.3) is 0 Å². The monoisotopic (exact) mass is 330 g/mol. The van der Waals surface area contributed by atoms with Crippen LogP contribution in [0.4, 0.5) is 0 Å². The molecule has 0 radical (unpaired) electrons. The Bertz CT molecular complexity index is 625. The summed E-state index contributed by atoms with van der Waals surface area (Å²) < 4.78 is 0. The van der Waals surface area contributed by atoms with Crippen molar-refractivity contribution < 1.29 is 9.59 Å². The van der Waals surface area contributed by atoms with Gasteiger partial charge in [-0.15, -0.1) is 6.58 Å². The van der Waals surface area contributed by atoms with Crippen molar-refractivity contribution in [3.63, 3.8) is 0 Å². The van der Waals surface area contributed by atoms with E-state index in [1.807, 2.05) is 30.9 Å². The van der Waals surface area contributed by atoms with Crippen LogP contribution in [0.15, 0.2) is 31.0 Å². The highest BCUT2D eigenvalue weighted by Gasteiger charge is 2.54. The highest BCUT2D eigenvalue weighted by Crippen LogP contribution is 2.34. The van der Waals surface area contributed by atoms with Gasteiger partial charge in [-0.1, -0.05) is 6.08 Å². The van der Waals surface area contributed by atoms with E-state index in [1.54, 1.807) is 17.2 Å². The minimum absolute atomic E-state index is 0.0371. The lowest BCUT2D eigenvalue weighted by Gasteiger charge is -2.48. The minimum atomic E-state index is -0.612. The largest absolute Gasteiger partial charge is 0.357 e. The van der Waals surface area contributed by atoms with E-state index >= 15 is 0 Å². The Morgan fingerprint density at radius 2 is 2.21 bits per heavy atom. The summed E-state index contributed by atoms with van der Waals surface area (Å²) >= 11 is 0. The molecule has 0 aliphatic carbocycles. The molecule has 0 bridgehead atoms. The van der Waals surface area contributed by atoms with Gasteiger partial charge in [0.2, 0.25) is 5.91 Å². The number of amides is 2. The number of hydrogen-bond donors (Lipinski definition) is 1. The maximum absolute atomic E-state index is 13.2. The summed E-state index contributed by atoms with van der Waals surface area (Å²) in [6, 6.07) is 3.77. The fourth-order valence-corrected chi connectivity index (χ4v) is 3.89. The average molecular weight is 330 g/mol. The van der Waals surface area contributed by atoms with Crippen LogP contribution in [0.1, 0.15) is 30.8 Å². The summed E-state index contributed by atoms with van der Waals surface area (Å²) in [5.41, 5.74) is -0.0369. The molecule has 3 heterocycles. The molecule has 1 spiro atoms. The van der Waals surface area contributed by atoms with Crippen molar-refractivity contribution in [3.8, 4) is 0 Å². The minimum Gasteiger partial charge on any atom is -0.357 e. The molecule has 0 aromatic carbocycles. The Labute approximate surface area is 143 Å². The van der Waals surface area contributed by atoms with E-state index in [-0.39, 0.29) is 17.9 Å². The molecule has 2 aliphatic rings. The number of carbonyl (C=O) groups excluding carboxylic acids is 2. The Kier molecular flexibility index (Phi) is 4.49. The lowest BCUT2D eigenvalue weighted by Crippen LogP contribution is -2.68. The van der Waals surface area contributed by atoms with E-state index in [4.69, 9.17) is 0 Å². The third-order valence-electron chi connectivity index (χ3n) is 5.21. The highest BCUT2D eigenvalue weighted by molar-refractivity contribution is 5.95. The summed E-state index contributed by atoms with van der Waals surface area (Å²) in [6.07, 6.45) is 4.26. The molecule has 6 nitrogen and oxygen atoms in total. The molecular formula is C18H26N4O2. The van der Waals surface area contributed by atoms with Crippen molar-refractivity contribution in [2.75, 3.05) is 32.7 Å². The standard InChI is InChI=1S/C18H26N4O2/c1-4-9-21-11-12-22(14(2)3)17(24)18(21)7-10-20(13-18)16(23)15-6-5-8-19-15/h4-6,8,14,19H,1,7,9-13H2,2-3H3/t18-/m1/s1. The summed E-state index contributed by atoms with van der Waals surface area (Å²) in [4.78, 5) is 34.8. The zero-order valence-corrected chi connectivity index (χ0v) is 14.5. The molecule has 130 valence electrons. The zero-order chi connectivity index (χ0) is 17.3. The number of aromatic amines is 1. The van der Waals surface area contributed by atoms with Gasteiger partial charge < -0.3 is 14.8 Å². The summed E-state index contributed by atoms with van der Waals surface area (Å²) in [7, 11) is 0. The molecule has 2 aliphatic heterocycles. The lowest BCUT2D eigenvalue weighted by atomic mass is 9.90. The molecule has 3 rings (SSSR count). The van der Waals surface area contributed by atoms with Crippen molar-refractivity contribution in [1.82, 2.24) is 19.7 Å².